The number of halogens is 2. The summed E-state index contributed by atoms with van der Waals surface area (Å²) in [6.45, 7) is 3.78. The molecule has 1 aromatic heterocycles. The highest BCUT2D eigenvalue weighted by Crippen LogP contribution is 2.32. The molecule has 0 radical (unpaired) electrons. The number of hydrogen-bond acceptors (Lipinski definition) is 3. The lowest BCUT2D eigenvalue weighted by atomic mass is 9.98. The molecule has 0 saturated heterocycles. The van der Waals surface area contributed by atoms with Crippen molar-refractivity contribution in [1.82, 2.24) is 5.43 Å². The second kappa shape index (κ2) is 5.48. The van der Waals surface area contributed by atoms with Gasteiger partial charge in [0.05, 0.1) is 6.04 Å². The third-order valence-corrected chi connectivity index (χ3v) is 4.57. The lowest BCUT2D eigenvalue weighted by Crippen LogP contribution is -2.29. The van der Waals surface area contributed by atoms with E-state index < -0.39 is 0 Å². The summed E-state index contributed by atoms with van der Waals surface area (Å²) in [5.74, 6) is 5.37. The lowest BCUT2D eigenvalue weighted by molar-refractivity contribution is 0.560. The van der Waals surface area contributed by atoms with E-state index in [1.54, 1.807) is 11.3 Å². The molecule has 0 aliphatic heterocycles. The molecule has 5 heteroatoms. The van der Waals surface area contributed by atoms with Crippen molar-refractivity contribution in [3.63, 3.8) is 0 Å². The highest BCUT2D eigenvalue weighted by molar-refractivity contribution is 9.10. The quantitative estimate of drug-likeness (QED) is 0.664. The Hall–Kier alpha value is -0.750. The summed E-state index contributed by atoms with van der Waals surface area (Å²) in [4.78, 5) is 0.982. The Morgan fingerprint density at radius 3 is 2.56 bits per heavy atom. The van der Waals surface area contributed by atoms with Gasteiger partial charge in [0.2, 0.25) is 0 Å². The van der Waals surface area contributed by atoms with Crippen LogP contribution in [-0.2, 0) is 0 Å². The monoisotopic (exact) mass is 328 g/mol. The number of rotatable bonds is 3. The number of nitrogens with one attached hydrogen (secondary N) is 1. The van der Waals surface area contributed by atoms with Crippen molar-refractivity contribution in [3.8, 4) is 0 Å². The second-order valence-corrected chi connectivity index (χ2v) is 6.10. The van der Waals surface area contributed by atoms with Crippen LogP contribution >= 0.6 is 27.3 Å². The summed E-state index contributed by atoms with van der Waals surface area (Å²) < 4.78 is 15.1. The van der Waals surface area contributed by atoms with Gasteiger partial charge in [0.1, 0.15) is 5.82 Å². The maximum atomic E-state index is 14.1. The van der Waals surface area contributed by atoms with Gasteiger partial charge in [0.15, 0.2) is 0 Å². The van der Waals surface area contributed by atoms with Crippen LogP contribution < -0.4 is 11.3 Å². The van der Waals surface area contributed by atoms with E-state index in [2.05, 4.69) is 21.4 Å². The van der Waals surface area contributed by atoms with E-state index >= 15 is 0 Å². The van der Waals surface area contributed by atoms with Crippen molar-refractivity contribution in [1.29, 1.82) is 0 Å². The number of hydrogen-bond donors (Lipinski definition) is 2. The molecule has 2 nitrogen and oxygen atoms in total. The normalized spacial score (nSPS) is 12.7. The SMILES string of the molecule is Cc1cc(C)c(C(NN)c2cc(Br)cs2)c(F)c1. The summed E-state index contributed by atoms with van der Waals surface area (Å²) in [5, 5.41) is 1.96. The number of aryl methyl sites for hydroxylation is 2. The Balaban J connectivity index is 2.51. The first-order chi connectivity index (χ1) is 8.52. The zero-order valence-corrected chi connectivity index (χ0v) is 12.5. The summed E-state index contributed by atoms with van der Waals surface area (Å²) >= 11 is 4.94. The average molecular weight is 329 g/mol. The highest BCUT2D eigenvalue weighted by atomic mass is 79.9. The van der Waals surface area contributed by atoms with E-state index in [0.717, 1.165) is 20.5 Å². The molecule has 0 bridgehead atoms. The van der Waals surface area contributed by atoms with Gasteiger partial charge in [0, 0.05) is 20.3 Å². The first kappa shape index (κ1) is 13.7. The van der Waals surface area contributed by atoms with Gasteiger partial charge in [-0.25, -0.2) is 9.82 Å². The van der Waals surface area contributed by atoms with Gasteiger partial charge in [-0.1, -0.05) is 6.07 Å². The van der Waals surface area contributed by atoms with Gasteiger partial charge in [-0.15, -0.1) is 11.3 Å². The fraction of sp³-hybridized carbons (Fsp3) is 0.231. The molecule has 18 heavy (non-hydrogen) atoms. The van der Waals surface area contributed by atoms with Crippen LogP contribution in [0.25, 0.3) is 0 Å². The van der Waals surface area contributed by atoms with Crippen LogP contribution in [-0.4, -0.2) is 0 Å². The molecule has 0 saturated carbocycles. The Morgan fingerprint density at radius 1 is 1.33 bits per heavy atom. The molecule has 96 valence electrons. The van der Waals surface area contributed by atoms with Gasteiger partial charge < -0.3 is 0 Å². The van der Waals surface area contributed by atoms with Crippen molar-refractivity contribution < 1.29 is 4.39 Å². The van der Waals surface area contributed by atoms with Crippen LogP contribution in [0.15, 0.2) is 28.1 Å². The predicted octanol–water partition coefficient (Wildman–Crippen LogP) is 3.82. The van der Waals surface area contributed by atoms with Gasteiger partial charge in [-0.2, -0.15) is 0 Å². The predicted molar refractivity (Wildman–Crippen MR) is 77.1 cm³/mol. The smallest absolute Gasteiger partial charge is 0.128 e. The minimum Gasteiger partial charge on any atom is -0.271 e. The Morgan fingerprint density at radius 2 is 2.06 bits per heavy atom. The molecule has 1 aromatic carbocycles. The topological polar surface area (TPSA) is 38.0 Å². The van der Waals surface area contributed by atoms with Crippen molar-refractivity contribution in [2.24, 2.45) is 5.84 Å². The number of thiophene rings is 1. The zero-order chi connectivity index (χ0) is 13.3. The molecule has 1 heterocycles. The van der Waals surface area contributed by atoms with Gasteiger partial charge in [-0.3, -0.25) is 5.84 Å². The summed E-state index contributed by atoms with van der Waals surface area (Å²) in [5.41, 5.74) is 5.12. The van der Waals surface area contributed by atoms with Gasteiger partial charge in [-0.05, 0) is 53.0 Å². The molecule has 1 atom stereocenters. The van der Waals surface area contributed by atoms with Crippen LogP contribution in [0.4, 0.5) is 4.39 Å². The van der Waals surface area contributed by atoms with Crippen LogP contribution in [0, 0.1) is 19.7 Å². The maximum absolute atomic E-state index is 14.1. The first-order valence-electron chi connectivity index (χ1n) is 5.49. The lowest BCUT2D eigenvalue weighted by Gasteiger charge is -2.18. The minimum atomic E-state index is -0.318. The number of hydrazine groups is 1. The third kappa shape index (κ3) is 2.64. The highest BCUT2D eigenvalue weighted by Gasteiger charge is 2.20. The van der Waals surface area contributed by atoms with E-state index in [1.165, 1.54) is 6.07 Å². The van der Waals surface area contributed by atoms with Crippen molar-refractivity contribution in [2.75, 3.05) is 0 Å². The molecule has 0 aliphatic carbocycles. The van der Waals surface area contributed by atoms with E-state index in [9.17, 15) is 4.39 Å². The molecule has 0 spiro atoms. The fourth-order valence-corrected chi connectivity index (χ4v) is 3.59. The molecule has 2 rings (SSSR count). The van der Waals surface area contributed by atoms with E-state index in [4.69, 9.17) is 5.84 Å². The first-order valence-corrected chi connectivity index (χ1v) is 7.17. The molecular formula is C13H14BrFN2S. The molecule has 0 amide bonds. The minimum absolute atomic E-state index is 0.222. The number of nitrogens with two attached hydrogens (primary N) is 1. The van der Waals surface area contributed by atoms with E-state index in [1.807, 2.05) is 31.4 Å². The van der Waals surface area contributed by atoms with Crippen LogP contribution in [0.2, 0.25) is 0 Å². The standard InChI is InChI=1S/C13H14BrFN2S/c1-7-3-8(2)12(10(15)4-7)13(17-16)11-5-9(14)6-18-11/h3-6,13,17H,16H2,1-2H3. The molecule has 0 aliphatic rings. The van der Waals surface area contributed by atoms with E-state index in [0.29, 0.717) is 5.56 Å². The van der Waals surface area contributed by atoms with Gasteiger partial charge in [0.25, 0.3) is 0 Å². The largest absolute Gasteiger partial charge is 0.271 e. The zero-order valence-electron chi connectivity index (χ0n) is 10.1. The Labute approximate surface area is 118 Å². The number of benzene rings is 1. The van der Waals surface area contributed by atoms with Crippen LogP contribution in [0.5, 0.6) is 0 Å². The molecule has 3 N–H and O–H groups in total. The fourth-order valence-electron chi connectivity index (χ4n) is 2.08. The molecular weight excluding hydrogens is 315 g/mol. The van der Waals surface area contributed by atoms with Gasteiger partial charge >= 0.3 is 0 Å². The Kier molecular flexibility index (Phi) is 4.17. The molecule has 2 aromatic rings. The summed E-state index contributed by atoms with van der Waals surface area (Å²) in [6, 6.07) is 5.14. The van der Waals surface area contributed by atoms with Crippen LogP contribution in [0.3, 0.4) is 0 Å². The molecule has 1 unspecified atom stereocenters. The Bertz CT molecular complexity index is 545. The summed E-state index contributed by atoms with van der Waals surface area (Å²) in [6.07, 6.45) is 0. The average Bonchev–Trinajstić information content (AvgIpc) is 2.69. The van der Waals surface area contributed by atoms with E-state index in [-0.39, 0.29) is 11.9 Å². The maximum Gasteiger partial charge on any atom is 0.128 e. The van der Waals surface area contributed by atoms with Crippen molar-refractivity contribution >= 4 is 27.3 Å². The third-order valence-electron chi connectivity index (χ3n) is 2.81. The van der Waals surface area contributed by atoms with Crippen molar-refractivity contribution in [3.05, 3.63) is 55.4 Å². The van der Waals surface area contributed by atoms with Crippen molar-refractivity contribution in [2.45, 2.75) is 19.9 Å². The van der Waals surface area contributed by atoms with Crippen LogP contribution in [0.1, 0.15) is 27.6 Å². The second-order valence-electron chi connectivity index (χ2n) is 4.24. The molecule has 0 fully saturated rings. The summed E-state index contributed by atoms with van der Waals surface area (Å²) in [7, 11) is 0.